The van der Waals surface area contributed by atoms with Crippen molar-refractivity contribution in [3.05, 3.63) is 11.4 Å². The number of nitrogens with zero attached hydrogens (tertiary/aromatic N) is 4. The largest absolute Gasteiger partial charge is 0.335 e. The standard InChI is InChI=1S/C15H25N5OS/c1-11-13(14(21)19-8-9-22-15(2,3)10-19)17-18-20(11)12-4-6-16-7-5-12/h12,16H,4-10H2,1-3H3. The summed E-state index contributed by atoms with van der Waals surface area (Å²) in [5.41, 5.74) is 1.44. The summed E-state index contributed by atoms with van der Waals surface area (Å²) in [7, 11) is 0. The van der Waals surface area contributed by atoms with Crippen LogP contribution >= 0.6 is 11.8 Å². The number of nitrogens with one attached hydrogen (secondary N) is 1. The molecule has 1 amide bonds. The predicted molar refractivity (Wildman–Crippen MR) is 88.3 cm³/mol. The topological polar surface area (TPSA) is 63.1 Å². The van der Waals surface area contributed by atoms with E-state index in [0.717, 1.165) is 50.5 Å². The molecule has 1 aromatic rings. The molecule has 3 heterocycles. The molecule has 7 heteroatoms. The molecular weight excluding hydrogens is 298 g/mol. The van der Waals surface area contributed by atoms with Gasteiger partial charge in [0.15, 0.2) is 5.69 Å². The Morgan fingerprint density at radius 3 is 2.77 bits per heavy atom. The Bertz CT molecular complexity index is 550. The average Bonchev–Trinajstić information content (AvgIpc) is 2.88. The Kier molecular flexibility index (Phi) is 4.45. The number of hydrogen-bond donors (Lipinski definition) is 1. The first-order valence-electron chi connectivity index (χ1n) is 8.04. The molecule has 2 fully saturated rings. The molecule has 1 N–H and O–H groups in total. The third-order valence-corrected chi connectivity index (χ3v) is 5.79. The molecule has 1 aromatic heterocycles. The van der Waals surface area contributed by atoms with Crippen LogP contribution in [0.2, 0.25) is 0 Å². The number of hydrogen-bond acceptors (Lipinski definition) is 5. The highest BCUT2D eigenvalue weighted by atomic mass is 32.2. The van der Waals surface area contributed by atoms with E-state index < -0.39 is 0 Å². The van der Waals surface area contributed by atoms with E-state index in [1.165, 1.54) is 0 Å². The van der Waals surface area contributed by atoms with Crippen LogP contribution in [0.1, 0.15) is 48.9 Å². The molecule has 0 spiro atoms. The predicted octanol–water partition coefficient (Wildman–Crippen LogP) is 1.48. The summed E-state index contributed by atoms with van der Waals surface area (Å²) < 4.78 is 2.07. The number of carbonyl (C=O) groups is 1. The first kappa shape index (κ1) is 15.8. The van der Waals surface area contributed by atoms with Crippen molar-refractivity contribution in [2.75, 3.05) is 31.9 Å². The maximum absolute atomic E-state index is 12.8. The third kappa shape index (κ3) is 3.15. The summed E-state index contributed by atoms with van der Waals surface area (Å²) in [6.45, 7) is 9.93. The molecule has 0 bridgehead atoms. The summed E-state index contributed by atoms with van der Waals surface area (Å²) in [5, 5.41) is 11.8. The summed E-state index contributed by atoms with van der Waals surface area (Å²) in [4.78, 5) is 14.7. The van der Waals surface area contributed by atoms with Crippen LogP contribution in [0.5, 0.6) is 0 Å². The van der Waals surface area contributed by atoms with Gasteiger partial charge in [-0.05, 0) is 46.7 Å². The molecule has 2 aliphatic heterocycles. The number of piperidine rings is 1. The molecular formula is C15H25N5OS. The van der Waals surface area contributed by atoms with Gasteiger partial charge in [-0.15, -0.1) is 5.10 Å². The Balaban J connectivity index is 1.77. The minimum Gasteiger partial charge on any atom is -0.335 e. The molecule has 2 aliphatic rings. The normalized spacial score (nSPS) is 22.8. The van der Waals surface area contributed by atoms with E-state index in [1.807, 2.05) is 28.3 Å². The van der Waals surface area contributed by atoms with Crippen molar-refractivity contribution in [1.82, 2.24) is 25.2 Å². The van der Waals surface area contributed by atoms with Gasteiger partial charge >= 0.3 is 0 Å². The van der Waals surface area contributed by atoms with Crippen molar-refractivity contribution in [2.24, 2.45) is 0 Å². The second-order valence-electron chi connectivity index (χ2n) is 6.78. The van der Waals surface area contributed by atoms with E-state index in [4.69, 9.17) is 0 Å². The van der Waals surface area contributed by atoms with Gasteiger partial charge in [-0.3, -0.25) is 4.79 Å². The van der Waals surface area contributed by atoms with E-state index in [9.17, 15) is 4.79 Å². The van der Waals surface area contributed by atoms with Gasteiger partial charge in [-0.25, -0.2) is 4.68 Å². The zero-order valence-electron chi connectivity index (χ0n) is 13.6. The van der Waals surface area contributed by atoms with Crippen LogP contribution in [0.3, 0.4) is 0 Å². The van der Waals surface area contributed by atoms with Gasteiger partial charge in [0.1, 0.15) is 0 Å². The van der Waals surface area contributed by atoms with E-state index in [0.29, 0.717) is 11.7 Å². The third-order valence-electron chi connectivity index (χ3n) is 4.50. The van der Waals surface area contributed by atoms with Crippen molar-refractivity contribution in [2.45, 2.75) is 44.4 Å². The Hall–Kier alpha value is -1.08. The fourth-order valence-corrected chi connectivity index (χ4v) is 4.39. The van der Waals surface area contributed by atoms with Gasteiger partial charge in [-0.2, -0.15) is 11.8 Å². The van der Waals surface area contributed by atoms with Crippen molar-refractivity contribution in [3.63, 3.8) is 0 Å². The monoisotopic (exact) mass is 323 g/mol. The Labute approximate surface area is 136 Å². The molecule has 0 aliphatic carbocycles. The van der Waals surface area contributed by atoms with Crippen LogP contribution in [0.15, 0.2) is 0 Å². The van der Waals surface area contributed by atoms with Gasteiger partial charge in [0, 0.05) is 23.6 Å². The number of thioether (sulfide) groups is 1. The smallest absolute Gasteiger partial charge is 0.276 e. The van der Waals surface area contributed by atoms with Crippen LogP contribution in [0.25, 0.3) is 0 Å². The summed E-state index contributed by atoms with van der Waals surface area (Å²) in [6, 6.07) is 0.364. The number of aromatic nitrogens is 3. The highest BCUT2D eigenvalue weighted by Crippen LogP contribution is 2.30. The molecule has 0 saturated carbocycles. The molecule has 122 valence electrons. The van der Waals surface area contributed by atoms with Crippen LogP contribution in [0.4, 0.5) is 0 Å². The lowest BCUT2D eigenvalue weighted by Gasteiger charge is -2.37. The highest BCUT2D eigenvalue weighted by Gasteiger charge is 2.32. The second-order valence-corrected chi connectivity index (χ2v) is 8.59. The van der Waals surface area contributed by atoms with Crippen molar-refractivity contribution in [1.29, 1.82) is 0 Å². The Morgan fingerprint density at radius 1 is 1.36 bits per heavy atom. The molecule has 0 aromatic carbocycles. The van der Waals surface area contributed by atoms with Crippen molar-refractivity contribution >= 4 is 17.7 Å². The van der Waals surface area contributed by atoms with Gasteiger partial charge in [0.05, 0.1) is 11.7 Å². The minimum absolute atomic E-state index is 0.0334. The van der Waals surface area contributed by atoms with Crippen molar-refractivity contribution < 1.29 is 4.79 Å². The lowest BCUT2D eigenvalue weighted by atomic mass is 10.1. The number of amides is 1. The quantitative estimate of drug-likeness (QED) is 0.893. The molecule has 6 nitrogen and oxygen atoms in total. The second kappa shape index (κ2) is 6.20. The maximum atomic E-state index is 12.8. The van der Waals surface area contributed by atoms with Crippen LogP contribution in [-0.2, 0) is 0 Å². The minimum atomic E-state index is 0.0334. The van der Waals surface area contributed by atoms with Gasteiger partial charge < -0.3 is 10.2 Å². The summed E-state index contributed by atoms with van der Waals surface area (Å²) >= 11 is 1.93. The molecule has 3 rings (SSSR count). The van der Waals surface area contributed by atoms with Gasteiger partial charge in [-0.1, -0.05) is 5.21 Å². The lowest BCUT2D eigenvalue weighted by Crippen LogP contribution is -2.46. The SMILES string of the molecule is Cc1c(C(=O)N2CCSC(C)(C)C2)nnn1C1CCNCC1. The lowest BCUT2D eigenvalue weighted by molar-refractivity contribution is 0.0741. The fourth-order valence-electron chi connectivity index (χ4n) is 3.28. The van der Waals surface area contributed by atoms with Gasteiger partial charge in [0.25, 0.3) is 5.91 Å². The number of carbonyl (C=O) groups excluding carboxylic acids is 1. The molecule has 0 unspecified atom stereocenters. The summed E-state index contributed by atoms with van der Waals surface area (Å²) in [6.07, 6.45) is 2.09. The fraction of sp³-hybridized carbons (Fsp3) is 0.800. The van der Waals surface area contributed by atoms with E-state index in [-0.39, 0.29) is 10.7 Å². The van der Waals surface area contributed by atoms with Crippen LogP contribution in [-0.4, -0.2) is 62.5 Å². The number of rotatable bonds is 2. The average molecular weight is 323 g/mol. The maximum Gasteiger partial charge on any atom is 0.276 e. The summed E-state index contributed by atoms with van der Waals surface area (Å²) in [5.74, 6) is 1.02. The molecule has 2 saturated heterocycles. The highest BCUT2D eigenvalue weighted by molar-refractivity contribution is 8.00. The van der Waals surface area contributed by atoms with Crippen molar-refractivity contribution in [3.8, 4) is 0 Å². The van der Waals surface area contributed by atoms with E-state index in [2.05, 4.69) is 29.5 Å². The first-order chi connectivity index (χ1) is 10.5. The molecule has 0 atom stereocenters. The van der Waals surface area contributed by atoms with E-state index in [1.54, 1.807) is 0 Å². The zero-order chi connectivity index (χ0) is 15.7. The van der Waals surface area contributed by atoms with Crippen LogP contribution < -0.4 is 5.32 Å². The van der Waals surface area contributed by atoms with Crippen LogP contribution in [0, 0.1) is 6.92 Å². The van der Waals surface area contributed by atoms with E-state index >= 15 is 0 Å². The molecule has 22 heavy (non-hydrogen) atoms. The van der Waals surface area contributed by atoms with Gasteiger partial charge in [0.2, 0.25) is 0 Å². The Morgan fingerprint density at radius 2 is 2.09 bits per heavy atom. The molecule has 0 radical (unpaired) electrons. The zero-order valence-corrected chi connectivity index (χ0v) is 14.4. The first-order valence-corrected chi connectivity index (χ1v) is 9.02.